The van der Waals surface area contributed by atoms with E-state index >= 15 is 0 Å². The number of hydrogen-bond donors (Lipinski definition) is 1. The van der Waals surface area contributed by atoms with Gasteiger partial charge in [0.1, 0.15) is 0 Å². The molecule has 2 aromatic carbocycles. The van der Waals surface area contributed by atoms with E-state index < -0.39 is 0 Å². The first-order valence-electron chi connectivity index (χ1n) is 7.86. The molecule has 0 aliphatic carbocycles. The predicted molar refractivity (Wildman–Crippen MR) is 99.5 cm³/mol. The number of thiazole rings is 1. The van der Waals surface area contributed by atoms with Crippen LogP contribution in [0.1, 0.15) is 18.5 Å². The summed E-state index contributed by atoms with van der Waals surface area (Å²) in [6.45, 7) is 2.20. The summed E-state index contributed by atoms with van der Waals surface area (Å²) in [4.78, 5) is 16.8. The fraction of sp³-hybridized carbons (Fsp3) is 0.222. The normalized spacial score (nSPS) is 13.8. The standard InChI is InChI=1S/C18H16N2O3S2/c1-11(12-6-7-14-15(8-12)23-10-22-14)19-17(21)9-24-18-20-13-4-2-3-5-16(13)25-18/h2-8,11H,9-10H2,1H3,(H,19,21)/t11-/m0/s1. The minimum Gasteiger partial charge on any atom is -0.454 e. The summed E-state index contributed by atoms with van der Waals surface area (Å²) in [7, 11) is 0. The van der Waals surface area contributed by atoms with Gasteiger partial charge in [0.25, 0.3) is 0 Å². The highest BCUT2D eigenvalue weighted by atomic mass is 32.2. The molecule has 4 rings (SSSR count). The lowest BCUT2D eigenvalue weighted by atomic mass is 10.1. The number of fused-ring (bicyclic) bond motifs is 2. The van der Waals surface area contributed by atoms with Crippen LogP contribution >= 0.6 is 23.1 Å². The maximum absolute atomic E-state index is 12.2. The number of benzene rings is 2. The van der Waals surface area contributed by atoms with Gasteiger partial charge in [-0.3, -0.25) is 4.79 Å². The van der Waals surface area contributed by atoms with E-state index in [1.807, 2.05) is 49.4 Å². The minimum atomic E-state index is -0.0991. The van der Waals surface area contributed by atoms with Crippen molar-refractivity contribution in [2.45, 2.75) is 17.3 Å². The molecule has 1 atom stereocenters. The number of aromatic nitrogens is 1. The third-order valence-electron chi connectivity index (χ3n) is 3.88. The van der Waals surface area contributed by atoms with Crippen molar-refractivity contribution in [2.24, 2.45) is 0 Å². The molecule has 0 saturated carbocycles. The number of carbonyl (C=O) groups is 1. The number of amides is 1. The molecule has 25 heavy (non-hydrogen) atoms. The van der Waals surface area contributed by atoms with Gasteiger partial charge in [-0.25, -0.2) is 4.98 Å². The van der Waals surface area contributed by atoms with Crippen LogP contribution in [-0.4, -0.2) is 23.4 Å². The van der Waals surface area contributed by atoms with Crippen LogP contribution in [0.4, 0.5) is 0 Å². The van der Waals surface area contributed by atoms with Gasteiger partial charge in [-0.1, -0.05) is 30.0 Å². The third kappa shape index (κ3) is 3.57. The molecule has 3 aromatic rings. The van der Waals surface area contributed by atoms with Gasteiger partial charge in [-0.2, -0.15) is 0 Å². The fourth-order valence-corrected chi connectivity index (χ4v) is 4.47. The molecule has 1 aliphatic heterocycles. The molecule has 0 fully saturated rings. The quantitative estimate of drug-likeness (QED) is 0.686. The summed E-state index contributed by atoms with van der Waals surface area (Å²) in [5.41, 5.74) is 1.96. The summed E-state index contributed by atoms with van der Waals surface area (Å²) >= 11 is 3.07. The van der Waals surface area contributed by atoms with E-state index in [0.29, 0.717) is 5.75 Å². The largest absolute Gasteiger partial charge is 0.454 e. The van der Waals surface area contributed by atoms with Gasteiger partial charge in [-0.05, 0) is 36.8 Å². The Morgan fingerprint density at radius 1 is 1.28 bits per heavy atom. The van der Waals surface area contributed by atoms with Crippen LogP contribution in [0.5, 0.6) is 11.5 Å². The van der Waals surface area contributed by atoms with E-state index in [2.05, 4.69) is 10.3 Å². The number of nitrogens with zero attached hydrogens (tertiary/aromatic N) is 1. The first-order valence-corrected chi connectivity index (χ1v) is 9.66. The van der Waals surface area contributed by atoms with E-state index in [9.17, 15) is 4.79 Å². The average Bonchev–Trinajstić information content (AvgIpc) is 3.25. The summed E-state index contributed by atoms with van der Waals surface area (Å²) in [6, 6.07) is 13.6. The number of ether oxygens (including phenoxy) is 2. The Balaban J connectivity index is 1.35. The molecule has 1 aromatic heterocycles. The molecule has 0 unspecified atom stereocenters. The zero-order valence-corrected chi connectivity index (χ0v) is 15.2. The van der Waals surface area contributed by atoms with Crippen molar-refractivity contribution in [1.82, 2.24) is 10.3 Å². The van der Waals surface area contributed by atoms with Gasteiger partial charge < -0.3 is 14.8 Å². The van der Waals surface area contributed by atoms with Crippen LogP contribution in [0.25, 0.3) is 10.2 Å². The van der Waals surface area contributed by atoms with E-state index in [0.717, 1.165) is 31.6 Å². The summed E-state index contributed by atoms with van der Waals surface area (Å²) in [5.74, 6) is 1.79. The van der Waals surface area contributed by atoms with Crippen molar-refractivity contribution < 1.29 is 14.3 Å². The van der Waals surface area contributed by atoms with E-state index in [1.54, 1.807) is 11.3 Å². The van der Waals surface area contributed by atoms with E-state index in [-0.39, 0.29) is 18.7 Å². The summed E-state index contributed by atoms with van der Waals surface area (Å²) in [6.07, 6.45) is 0. The van der Waals surface area contributed by atoms with E-state index in [4.69, 9.17) is 9.47 Å². The van der Waals surface area contributed by atoms with Crippen LogP contribution in [0.15, 0.2) is 46.8 Å². The molecule has 1 aliphatic rings. The van der Waals surface area contributed by atoms with Gasteiger partial charge in [0, 0.05) is 0 Å². The van der Waals surface area contributed by atoms with Crippen LogP contribution in [0.2, 0.25) is 0 Å². The number of carbonyl (C=O) groups excluding carboxylic acids is 1. The molecule has 1 amide bonds. The summed E-state index contributed by atoms with van der Waals surface area (Å²) < 4.78 is 12.7. The zero-order chi connectivity index (χ0) is 17.2. The highest BCUT2D eigenvalue weighted by molar-refractivity contribution is 8.01. The van der Waals surface area contributed by atoms with Gasteiger partial charge in [0.2, 0.25) is 12.7 Å². The second-order valence-electron chi connectivity index (χ2n) is 5.64. The number of para-hydroxylation sites is 1. The lowest BCUT2D eigenvalue weighted by Gasteiger charge is -2.14. The minimum absolute atomic E-state index is 0.0191. The van der Waals surface area contributed by atoms with Gasteiger partial charge in [0.15, 0.2) is 15.8 Å². The maximum Gasteiger partial charge on any atom is 0.231 e. The van der Waals surface area contributed by atoms with Crippen molar-refractivity contribution in [3.05, 3.63) is 48.0 Å². The molecule has 0 saturated heterocycles. The molecule has 7 heteroatoms. The Kier molecular flexibility index (Phi) is 4.50. The van der Waals surface area contributed by atoms with Crippen molar-refractivity contribution in [1.29, 1.82) is 0 Å². The highest BCUT2D eigenvalue weighted by Gasteiger charge is 2.17. The predicted octanol–water partition coefficient (Wildman–Crippen LogP) is 3.99. The highest BCUT2D eigenvalue weighted by Crippen LogP contribution is 2.34. The lowest BCUT2D eigenvalue weighted by molar-refractivity contribution is -0.119. The van der Waals surface area contributed by atoms with E-state index in [1.165, 1.54) is 11.8 Å². The second kappa shape index (κ2) is 6.93. The van der Waals surface area contributed by atoms with Gasteiger partial charge in [0.05, 0.1) is 22.0 Å². The van der Waals surface area contributed by atoms with Crippen LogP contribution < -0.4 is 14.8 Å². The van der Waals surface area contributed by atoms with Crippen molar-refractivity contribution in [2.75, 3.05) is 12.5 Å². The Hall–Kier alpha value is -2.25. The molecule has 128 valence electrons. The number of thioether (sulfide) groups is 1. The third-order valence-corrected chi connectivity index (χ3v) is 6.05. The number of rotatable bonds is 5. The first-order chi connectivity index (χ1) is 12.2. The topological polar surface area (TPSA) is 60.5 Å². The Morgan fingerprint density at radius 2 is 2.12 bits per heavy atom. The molecular weight excluding hydrogens is 356 g/mol. The Morgan fingerprint density at radius 3 is 3.00 bits per heavy atom. The van der Waals surface area contributed by atoms with Crippen LogP contribution in [0, 0.1) is 0 Å². The Labute approximate surface area is 153 Å². The summed E-state index contributed by atoms with van der Waals surface area (Å²) in [5, 5.41) is 3.01. The lowest BCUT2D eigenvalue weighted by Crippen LogP contribution is -2.28. The molecule has 0 bridgehead atoms. The molecule has 0 spiro atoms. The zero-order valence-electron chi connectivity index (χ0n) is 13.5. The molecule has 0 radical (unpaired) electrons. The molecule has 1 N–H and O–H groups in total. The van der Waals surface area contributed by atoms with Crippen LogP contribution in [-0.2, 0) is 4.79 Å². The Bertz CT molecular complexity index is 893. The molecular formula is C18H16N2O3S2. The monoisotopic (exact) mass is 372 g/mol. The van der Waals surface area contributed by atoms with Crippen molar-refractivity contribution in [3.8, 4) is 11.5 Å². The van der Waals surface area contributed by atoms with Gasteiger partial charge >= 0.3 is 0 Å². The number of hydrogen-bond acceptors (Lipinski definition) is 6. The SMILES string of the molecule is C[C@H](NC(=O)CSc1nc2ccccc2s1)c1ccc2c(c1)OCO2. The van der Waals surface area contributed by atoms with Crippen LogP contribution in [0.3, 0.4) is 0 Å². The second-order valence-corrected chi connectivity index (χ2v) is 7.89. The fourth-order valence-electron chi connectivity index (χ4n) is 2.59. The smallest absolute Gasteiger partial charge is 0.231 e. The van der Waals surface area contributed by atoms with Crippen molar-refractivity contribution in [3.63, 3.8) is 0 Å². The molecule has 2 heterocycles. The average molecular weight is 372 g/mol. The van der Waals surface area contributed by atoms with Gasteiger partial charge in [-0.15, -0.1) is 11.3 Å². The number of nitrogens with one attached hydrogen (secondary N) is 1. The molecule has 5 nitrogen and oxygen atoms in total. The first kappa shape index (κ1) is 16.2. The van der Waals surface area contributed by atoms with Crippen molar-refractivity contribution >= 4 is 39.2 Å². The maximum atomic E-state index is 12.2.